The minimum absolute atomic E-state index is 0.0451. The summed E-state index contributed by atoms with van der Waals surface area (Å²) in [6, 6.07) is 24.8. The Morgan fingerprint density at radius 2 is 1.62 bits per heavy atom. The molecule has 1 atom stereocenters. The van der Waals surface area contributed by atoms with Crippen LogP contribution in [0.2, 0.25) is 0 Å². The highest BCUT2D eigenvalue weighted by molar-refractivity contribution is 9.10. The van der Waals surface area contributed by atoms with Gasteiger partial charge in [0.15, 0.2) is 0 Å². The minimum atomic E-state index is -0.287. The third-order valence-electron chi connectivity index (χ3n) is 5.63. The Morgan fingerprint density at radius 1 is 1.00 bits per heavy atom. The van der Waals surface area contributed by atoms with Crippen LogP contribution in [-0.4, -0.2) is 12.1 Å². The lowest BCUT2D eigenvalue weighted by molar-refractivity contribution is -0.122. The molecular weight excluding hydrogens is 424 g/mol. The van der Waals surface area contributed by atoms with Crippen LogP contribution >= 0.6 is 15.9 Å². The number of hydrogen-bond acceptors (Lipinski definition) is 2. The maximum atomic E-state index is 13.0. The lowest BCUT2D eigenvalue weighted by Crippen LogP contribution is -2.25. The maximum Gasteiger partial charge on any atom is 0.244 e. The number of hydrogen-bond donors (Lipinski definition) is 1. The molecule has 1 aliphatic rings. The average Bonchev–Trinajstić information content (AvgIpc) is 3.47. The van der Waals surface area contributed by atoms with E-state index in [-0.39, 0.29) is 17.2 Å². The van der Waals surface area contributed by atoms with Gasteiger partial charge in [0.2, 0.25) is 5.91 Å². The van der Waals surface area contributed by atoms with Crippen LogP contribution in [0.4, 0.5) is 0 Å². The number of nitrogens with zero attached hydrogens (tertiary/aromatic N) is 1. The molecule has 146 valence electrons. The lowest BCUT2D eigenvalue weighted by Gasteiger charge is -2.19. The summed E-state index contributed by atoms with van der Waals surface area (Å²) in [6.07, 6.45) is 2.46. The molecule has 29 heavy (non-hydrogen) atoms. The van der Waals surface area contributed by atoms with Crippen LogP contribution in [0.25, 0.3) is 0 Å². The summed E-state index contributed by atoms with van der Waals surface area (Å²) in [4.78, 5) is 13.0. The smallest absolute Gasteiger partial charge is 0.244 e. The predicted octanol–water partition coefficient (Wildman–Crippen LogP) is 5.52. The van der Waals surface area contributed by atoms with Crippen LogP contribution in [0.3, 0.4) is 0 Å². The van der Waals surface area contributed by atoms with Crippen molar-refractivity contribution in [2.24, 2.45) is 11.0 Å². The highest BCUT2D eigenvalue weighted by Crippen LogP contribution is 2.59. The molecule has 0 aromatic heterocycles. The van der Waals surface area contributed by atoms with Crippen LogP contribution < -0.4 is 5.43 Å². The van der Waals surface area contributed by atoms with Gasteiger partial charge in [-0.3, -0.25) is 4.79 Å². The zero-order valence-electron chi connectivity index (χ0n) is 16.5. The van der Waals surface area contributed by atoms with Crippen molar-refractivity contribution in [2.45, 2.75) is 25.7 Å². The number of amides is 1. The first-order valence-electron chi connectivity index (χ1n) is 9.72. The molecule has 1 amide bonds. The predicted molar refractivity (Wildman–Crippen MR) is 121 cm³/mol. The Balaban J connectivity index is 1.60. The Bertz CT molecular complexity index is 1040. The quantitative estimate of drug-likeness (QED) is 0.406. The maximum absolute atomic E-state index is 13.0. The number of rotatable bonds is 5. The highest BCUT2D eigenvalue weighted by Gasteiger charge is 2.60. The first-order chi connectivity index (χ1) is 14.0. The van der Waals surface area contributed by atoms with Crippen molar-refractivity contribution in [3.8, 4) is 0 Å². The fraction of sp³-hybridized carbons (Fsp3) is 0.200. The molecule has 0 saturated heterocycles. The van der Waals surface area contributed by atoms with Gasteiger partial charge in [-0.15, -0.1) is 0 Å². The van der Waals surface area contributed by atoms with Crippen molar-refractivity contribution >= 4 is 28.1 Å². The average molecular weight is 447 g/mol. The molecule has 4 heteroatoms. The third kappa shape index (κ3) is 3.90. The van der Waals surface area contributed by atoms with E-state index in [2.05, 4.69) is 88.8 Å². The normalized spacial score (nSPS) is 17.3. The molecule has 0 spiro atoms. The molecule has 0 radical (unpaired) electrons. The Hall–Kier alpha value is -2.72. The van der Waals surface area contributed by atoms with Gasteiger partial charge < -0.3 is 0 Å². The van der Waals surface area contributed by atoms with Gasteiger partial charge in [-0.2, -0.15) is 5.10 Å². The van der Waals surface area contributed by atoms with E-state index in [0.29, 0.717) is 0 Å². The molecule has 4 rings (SSSR count). The summed E-state index contributed by atoms with van der Waals surface area (Å²) >= 11 is 3.49. The van der Waals surface area contributed by atoms with Crippen molar-refractivity contribution in [1.29, 1.82) is 0 Å². The fourth-order valence-electron chi connectivity index (χ4n) is 4.05. The summed E-state index contributed by atoms with van der Waals surface area (Å²) in [5, 5.41) is 4.20. The number of halogens is 1. The van der Waals surface area contributed by atoms with Crippen molar-refractivity contribution < 1.29 is 4.79 Å². The third-order valence-corrected chi connectivity index (χ3v) is 6.35. The Morgan fingerprint density at radius 3 is 2.21 bits per heavy atom. The first kappa shape index (κ1) is 19.6. The van der Waals surface area contributed by atoms with Crippen LogP contribution in [0.1, 0.15) is 34.2 Å². The number of hydrazone groups is 1. The SMILES string of the molecule is Cc1cccc(C2(c3cccc(C)c3)CC2C(=O)N/N=C/c2ccccc2Br)c1. The number of nitrogens with one attached hydrogen (secondary N) is 1. The molecule has 1 aliphatic carbocycles. The van der Waals surface area contributed by atoms with Gasteiger partial charge in [0.1, 0.15) is 0 Å². The monoisotopic (exact) mass is 446 g/mol. The largest absolute Gasteiger partial charge is 0.273 e. The number of benzene rings is 3. The van der Waals surface area contributed by atoms with Gasteiger partial charge in [-0.05, 0) is 37.5 Å². The van der Waals surface area contributed by atoms with Gasteiger partial charge in [0, 0.05) is 15.5 Å². The molecule has 0 aliphatic heterocycles. The fourth-order valence-corrected chi connectivity index (χ4v) is 4.44. The second-order valence-electron chi connectivity index (χ2n) is 7.72. The number of carbonyl (C=O) groups excluding carboxylic acids is 1. The standard InChI is InChI=1S/C25H23BrN2O/c1-17-7-5-10-20(13-17)25(21-11-6-8-18(2)14-21)15-22(25)24(29)28-27-16-19-9-3-4-12-23(19)26/h3-14,16,22H,15H2,1-2H3,(H,28,29)/b27-16+. The minimum Gasteiger partial charge on any atom is -0.273 e. The van der Waals surface area contributed by atoms with Crippen LogP contribution in [0.15, 0.2) is 82.4 Å². The Labute approximate surface area is 180 Å². The van der Waals surface area contributed by atoms with Crippen molar-refractivity contribution in [3.63, 3.8) is 0 Å². The van der Waals surface area contributed by atoms with Crippen molar-refractivity contribution in [3.05, 3.63) is 105 Å². The number of aryl methyl sites for hydroxylation is 2. The van der Waals surface area contributed by atoms with E-state index in [9.17, 15) is 4.79 Å². The van der Waals surface area contributed by atoms with Crippen LogP contribution in [0, 0.1) is 19.8 Å². The van der Waals surface area contributed by atoms with Crippen molar-refractivity contribution in [2.75, 3.05) is 0 Å². The summed E-state index contributed by atoms with van der Waals surface area (Å²) < 4.78 is 0.943. The van der Waals surface area contributed by atoms with E-state index in [1.165, 1.54) is 22.3 Å². The molecule has 3 nitrogen and oxygen atoms in total. The van der Waals surface area contributed by atoms with E-state index >= 15 is 0 Å². The molecule has 1 unspecified atom stereocenters. The first-order valence-corrected chi connectivity index (χ1v) is 10.5. The van der Waals surface area contributed by atoms with Gasteiger partial charge >= 0.3 is 0 Å². The summed E-state index contributed by atoms with van der Waals surface area (Å²) in [5.41, 5.74) is 8.18. The molecule has 0 bridgehead atoms. The molecule has 1 fully saturated rings. The lowest BCUT2D eigenvalue weighted by atomic mass is 9.84. The summed E-state index contributed by atoms with van der Waals surface area (Å²) in [6.45, 7) is 4.18. The molecular formula is C25H23BrN2O. The van der Waals surface area contributed by atoms with E-state index in [1.807, 2.05) is 24.3 Å². The van der Waals surface area contributed by atoms with Crippen LogP contribution in [-0.2, 0) is 10.2 Å². The topological polar surface area (TPSA) is 41.5 Å². The molecule has 3 aromatic carbocycles. The van der Waals surface area contributed by atoms with E-state index in [0.717, 1.165) is 16.5 Å². The van der Waals surface area contributed by atoms with E-state index in [4.69, 9.17) is 0 Å². The molecule has 3 aromatic rings. The molecule has 1 N–H and O–H groups in total. The summed E-state index contributed by atoms with van der Waals surface area (Å²) in [5.74, 6) is -0.182. The second-order valence-corrected chi connectivity index (χ2v) is 8.58. The van der Waals surface area contributed by atoms with Crippen molar-refractivity contribution in [1.82, 2.24) is 5.43 Å². The number of carbonyl (C=O) groups is 1. The highest BCUT2D eigenvalue weighted by atomic mass is 79.9. The van der Waals surface area contributed by atoms with E-state index in [1.54, 1.807) is 6.21 Å². The second kappa shape index (κ2) is 7.96. The van der Waals surface area contributed by atoms with E-state index < -0.39 is 0 Å². The zero-order valence-corrected chi connectivity index (χ0v) is 18.1. The van der Waals surface area contributed by atoms with Gasteiger partial charge in [0.25, 0.3) is 0 Å². The Kier molecular flexibility index (Phi) is 5.37. The molecule has 0 heterocycles. The molecule has 1 saturated carbocycles. The van der Waals surface area contributed by atoms with Crippen LogP contribution in [0.5, 0.6) is 0 Å². The van der Waals surface area contributed by atoms with Gasteiger partial charge in [-0.25, -0.2) is 5.43 Å². The van der Waals surface area contributed by atoms with Gasteiger partial charge in [0.05, 0.1) is 12.1 Å². The summed E-state index contributed by atoms with van der Waals surface area (Å²) in [7, 11) is 0. The van der Waals surface area contributed by atoms with Gasteiger partial charge in [-0.1, -0.05) is 93.8 Å². The zero-order chi connectivity index (χ0) is 20.4.